The standard InChI is InChI=1S/C9H9ClFN.ClH/c10-7-3-1-6(2-4-7)9(11)5-8(9)12;/h1-4,8H,5,12H2;1H. The minimum Gasteiger partial charge on any atom is -0.325 e. The van der Waals surface area contributed by atoms with Gasteiger partial charge in [0.15, 0.2) is 5.67 Å². The van der Waals surface area contributed by atoms with Crippen molar-refractivity contribution in [3.05, 3.63) is 34.9 Å². The molecule has 1 aromatic carbocycles. The molecule has 0 heterocycles. The van der Waals surface area contributed by atoms with Gasteiger partial charge in [0.1, 0.15) is 0 Å². The molecule has 2 unspecified atom stereocenters. The first-order valence-corrected chi connectivity index (χ1v) is 4.21. The Morgan fingerprint density at radius 1 is 1.38 bits per heavy atom. The molecule has 4 heteroatoms. The summed E-state index contributed by atoms with van der Waals surface area (Å²) in [5.74, 6) is 0. The third-order valence-corrected chi connectivity index (χ3v) is 2.52. The molecule has 2 rings (SSSR count). The van der Waals surface area contributed by atoms with Gasteiger partial charge in [-0.2, -0.15) is 0 Å². The predicted molar refractivity (Wildman–Crippen MR) is 54.1 cm³/mol. The lowest BCUT2D eigenvalue weighted by molar-refractivity contribution is 0.306. The average molecular weight is 222 g/mol. The molecule has 13 heavy (non-hydrogen) atoms. The highest BCUT2D eigenvalue weighted by Crippen LogP contribution is 2.48. The predicted octanol–water partition coefficient (Wildman–Crippen LogP) is 2.66. The molecule has 1 aliphatic rings. The van der Waals surface area contributed by atoms with Crippen molar-refractivity contribution in [3.8, 4) is 0 Å². The van der Waals surface area contributed by atoms with E-state index in [9.17, 15) is 4.39 Å². The van der Waals surface area contributed by atoms with Crippen LogP contribution < -0.4 is 5.73 Å². The Balaban J connectivity index is 0.000000845. The first kappa shape index (κ1) is 10.8. The van der Waals surface area contributed by atoms with E-state index in [2.05, 4.69) is 0 Å². The fraction of sp³-hybridized carbons (Fsp3) is 0.333. The van der Waals surface area contributed by atoms with Gasteiger partial charge >= 0.3 is 0 Å². The van der Waals surface area contributed by atoms with Gasteiger partial charge < -0.3 is 5.73 Å². The number of alkyl halides is 1. The number of hydrogen-bond acceptors (Lipinski definition) is 1. The Morgan fingerprint density at radius 3 is 2.23 bits per heavy atom. The van der Waals surface area contributed by atoms with E-state index in [4.69, 9.17) is 17.3 Å². The van der Waals surface area contributed by atoms with Gasteiger partial charge in [-0.15, -0.1) is 12.4 Å². The van der Waals surface area contributed by atoms with Crippen molar-refractivity contribution < 1.29 is 4.39 Å². The van der Waals surface area contributed by atoms with E-state index in [1.165, 1.54) is 0 Å². The topological polar surface area (TPSA) is 26.0 Å². The van der Waals surface area contributed by atoms with E-state index < -0.39 is 5.67 Å². The van der Waals surface area contributed by atoms with Crippen molar-refractivity contribution in [1.29, 1.82) is 0 Å². The highest BCUT2D eigenvalue weighted by molar-refractivity contribution is 6.30. The van der Waals surface area contributed by atoms with E-state index in [1.54, 1.807) is 24.3 Å². The van der Waals surface area contributed by atoms with Crippen molar-refractivity contribution in [2.24, 2.45) is 5.73 Å². The summed E-state index contributed by atoms with van der Waals surface area (Å²) >= 11 is 5.66. The molecule has 0 saturated heterocycles. The molecule has 0 aliphatic heterocycles. The van der Waals surface area contributed by atoms with Crippen LogP contribution in [0, 0.1) is 0 Å². The number of benzene rings is 1. The van der Waals surface area contributed by atoms with Crippen LogP contribution in [0.25, 0.3) is 0 Å². The van der Waals surface area contributed by atoms with Crippen LogP contribution in [0.1, 0.15) is 12.0 Å². The SMILES string of the molecule is Cl.NC1CC1(F)c1ccc(Cl)cc1. The summed E-state index contributed by atoms with van der Waals surface area (Å²) in [5.41, 5.74) is 4.81. The first-order chi connectivity index (χ1) is 5.63. The highest BCUT2D eigenvalue weighted by atomic mass is 35.5. The zero-order valence-corrected chi connectivity index (χ0v) is 8.41. The third kappa shape index (κ3) is 1.80. The van der Waals surface area contributed by atoms with Crippen LogP contribution in [-0.4, -0.2) is 6.04 Å². The molecule has 72 valence electrons. The van der Waals surface area contributed by atoms with E-state index in [-0.39, 0.29) is 18.4 Å². The van der Waals surface area contributed by atoms with Gasteiger partial charge in [0.05, 0.1) is 0 Å². The largest absolute Gasteiger partial charge is 0.325 e. The minimum absolute atomic E-state index is 0. The molecule has 1 nitrogen and oxygen atoms in total. The van der Waals surface area contributed by atoms with Crippen LogP contribution in [-0.2, 0) is 5.67 Å². The summed E-state index contributed by atoms with van der Waals surface area (Å²) in [7, 11) is 0. The zero-order valence-electron chi connectivity index (χ0n) is 6.84. The van der Waals surface area contributed by atoms with Gasteiger partial charge in [0, 0.05) is 17.5 Å². The average Bonchev–Trinajstić information content (AvgIpc) is 2.62. The van der Waals surface area contributed by atoms with Crippen LogP contribution in [0.2, 0.25) is 5.02 Å². The Bertz CT molecular complexity index is 301. The van der Waals surface area contributed by atoms with Gasteiger partial charge in [0.2, 0.25) is 0 Å². The Morgan fingerprint density at radius 2 is 1.85 bits per heavy atom. The molecular weight excluding hydrogens is 212 g/mol. The van der Waals surface area contributed by atoms with Gasteiger partial charge in [0.25, 0.3) is 0 Å². The summed E-state index contributed by atoms with van der Waals surface area (Å²) < 4.78 is 13.6. The van der Waals surface area contributed by atoms with Gasteiger partial charge in [-0.25, -0.2) is 4.39 Å². The second-order valence-corrected chi connectivity index (χ2v) is 3.62. The molecule has 1 saturated carbocycles. The number of nitrogens with two attached hydrogens (primary N) is 1. The molecule has 0 bridgehead atoms. The normalized spacial score (nSPS) is 30.8. The zero-order chi connectivity index (χ0) is 8.77. The summed E-state index contributed by atoms with van der Waals surface area (Å²) in [6, 6.07) is 6.41. The summed E-state index contributed by atoms with van der Waals surface area (Å²) in [5, 5.41) is 0.622. The molecule has 1 fully saturated rings. The van der Waals surface area contributed by atoms with Crippen molar-refractivity contribution in [2.75, 3.05) is 0 Å². The first-order valence-electron chi connectivity index (χ1n) is 3.83. The maximum absolute atomic E-state index is 13.6. The molecule has 0 amide bonds. The summed E-state index contributed by atoms with van der Waals surface area (Å²) in [6.45, 7) is 0. The quantitative estimate of drug-likeness (QED) is 0.776. The molecule has 1 aliphatic carbocycles. The second-order valence-electron chi connectivity index (χ2n) is 3.18. The molecule has 2 N–H and O–H groups in total. The maximum atomic E-state index is 13.6. The second kappa shape index (κ2) is 3.45. The molecular formula is C9H10Cl2FN. The molecule has 0 radical (unpaired) electrons. The van der Waals surface area contributed by atoms with Gasteiger partial charge in [-0.05, 0) is 17.7 Å². The lowest BCUT2D eigenvalue weighted by atomic mass is 10.1. The van der Waals surface area contributed by atoms with E-state index >= 15 is 0 Å². The van der Waals surface area contributed by atoms with Gasteiger partial charge in [-0.3, -0.25) is 0 Å². The number of rotatable bonds is 1. The number of halogens is 3. The lowest BCUT2D eigenvalue weighted by Crippen LogP contribution is -2.12. The van der Waals surface area contributed by atoms with Crippen LogP contribution >= 0.6 is 24.0 Å². The minimum atomic E-state index is -1.29. The Kier molecular flexibility index (Phi) is 2.85. The van der Waals surface area contributed by atoms with E-state index in [0.29, 0.717) is 17.0 Å². The van der Waals surface area contributed by atoms with Gasteiger partial charge in [-0.1, -0.05) is 23.7 Å². The van der Waals surface area contributed by atoms with Crippen LogP contribution in [0.3, 0.4) is 0 Å². The van der Waals surface area contributed by atoms with Crippen molar-refractivity contribution in [2.45, 2.75) is 18.1 Å². The van der Waals surface area contributed by atoms with Crippen LogP contribution in [0.5, 0.6) is 0 Å². The van der Waals surface area contributed by atoms with Crippen LogP contribution in [0.15, 0.2) is 24.3 Å². The van der Waals surface area contributed by atoms with E-state index in [1.807, 2.05) is 0 Å². The smallest absolute Gasteiger partial charge is 0.152 e. The Hall–Kier alpha value is -0.310. The van der Waals surface area contributed by atoms with Crippen molar-refractivity contribution >= 4 is 24.0 Å². The molecule has 1 aromatic rings. The molecule has 0 aromatic heterocycles. The van der Waals surface area contributed by atoms with Crippen molar-refractivity contribution in [1.82, 2.24) is 0 Å². The lowest BCUT2D eigenvalue weighted by Gasteiger charge is -2.05. The summed E-state index contributed by atoms with van der Waals surface area (Å²) in [6.07, 6.45) is 0.425. The monoisotopic (exact) mass is 221 g/mol. The highest BCUT2D eigenvalue weighted by Gasteiger charge is 2.54. The van der Waals surface area contributed by atoms with E-state index in [0.717, 1.165) is 0 Å². The Labute approximate surface area is 87.5 Å². The molecule has 0 spiro atoms. The number of hydrogen-bond donors (Lipinski definition) is 1. The fourth-order valence-electron chi connectivity index (χ4n) is 1.32. The van der Waals surface area contributed by atoms with Crippen molar-refractivity contribution in [3.63, 3.8) is 0 Å². The van der Waals surface area contributed by atoms with Crippen LogP contribution in [0.4, 0.5) is 4.39 Å². The fourth-order valence-corrected chi connectivity index (χ4v) is 1.45. The molecule has 2 atom stereocenters. The maximum Gasteiger partial charge on any atom is 0.152 e. The summed E-state index contributed by atoms with van der Waals surface area (Å²) in [4.78, 5) is 0. The third-order valence-electron chi connectivity index (χ3n) is 2.27.